The highest BCUT2D eigenvalue weighted by Gasteiger charge is 2.35. The molecule has 2 N–H and O–H groups in total. The van der Waals surface area contributed by atoms with Crippen molar-refractivity contribution in [2.24, 2.45) is 0 Å². The van der Waals surface area contributed by atoms with Crippen LogP contribution < -0.4 is 0 Å². The maximum absolute atomic E-state index is 10.3. The number of nitrogens with one attached hydrogen (secondary N) is 1. The van der Waals surface area contributed by atoms with Gasteiger partial charge in [-0.15, -0.1) is 0 Å². The number of rotatable bonds is 4. The Balaban J connectivity index is 1.86. The zero-order chi connectivity index (χ0) is 12.3. The third-order valence-electron chi connectivity index (χ3n) is 3.58. The van der Waals surface area contributed by atoms with Gasteiger partial charge in [0.15, 0.2) is 0 Å². The summed E-state index contributed by atoms with van der Waals surface area (Å²) < 4.78 is 0. The normalized spacial score (nSPS) is 29.1. The van der Waals surface area contributed by atoms with Gasteiger partial charge in [-0.25, -0.2) is 4.98 Å². The molecule has 0 spiro atoms. The highest BCUT2D eigenvalue weighted by molar-refractivity contribution is 5.01. The third-order valence-corrected chi connectivity index (χ3v) is 3.58. The number of nitrogens with zero attached hydrogens (tertiary/aromatic N) is 2. The molecule has 0 atom stereocenters. The molecule has 0 radical (unpaired) electrons. The standard InChI is InChI=1S/C11H17N3O3/c15-11(5-8-14(16)17)3-1-9(2-4-11)10-12-6-7-13-10/h6-7,9,15H,1-5,8H2,(H,12,13). The van der Waals surface area contributed by atoms with Gasteiger partial charge in [-0.1, -0.05) is 0 Å². The Hall–Kier alpha value is -1.43. The maximum Gasteiger partial charge on any atom is 0.206 e. The van der Waals surface area contributed by atoms with Crippen molar-refractivity contribution in [3.63, 3.8) is 0 Å². The minimum atomic E-state index is -0.851. The quantitative estimate of drug-likeness (QED) is 0.614. The molecule has 6 heteroatoms. The molecule has 2 rings (SSSR count). The van der Waals surface area contributed by atoms with Gasteiger partial charge in [0.1, 0.15) is 5.82 Å². The second-order valence-electron chi connectivity index (χ2n) is 4.78. The Bertz CT molecular complexity index is 369. The lowest BCUT2D eigenvalue weighted by Crippen LogP contribution is -2.35. The molecule has 0 aromatic carbocycles. The Kier molecular flexibility index (Phi) is 3.42. The van der Waals surface area contributed by atoms with E-state index >= 15 is 0 Å². The van der Waals surface area contributed by atoms with Crippen molar-refractivity contribution < 1.29 is 10.0 Å². The molecular formula is C11H17N3O3. The van der Waals surface area contributed by atoms with Crippen LogP contribution in [-0.4, -0.2) is 32.1 Å². The fraction of sp³-hybridized carbons (Fsp3) is 0.727. The number of hydrogen-bond acceptors (Lipinski definition) is 4. The van der Waals surface area contributed by atoms with Gasteiger partial charge in [0.05, 0.1) is 5.60 Å². The molecule has 1 saturated carbocycles. The highest BCUT2D eigenvalue weighted by atomic mass is 16.6. The molecule has 1 fully saturated rings. The van der Waals surface area contributed by atoms with Crippen molar-refractivity contribution in [3.8, 4) is 0 Å². The Morgan fingerprint density at radius 3 is 2.82 bits per heavy atom. The summed E-state index contributed by atoms with van der Waals surface area (Å²) in [6, 6.07) is 0. The molecule has 0 amide bonds. The summed E-state index contributed by atoms with van der Waals surface area (Å²) in [6.07, 6.45) is 6.68. The number of H-pyrrole nitrogens is 1. The minimum Gasteiger partial charge on any atom is -0.390 e. The van der Waals surface area contributed by atoms with Crippen molar-refractivity contribution in [1.82, 2.24) is 9.97 Å². The Morgan fingerprint density at radius 2 is 2.29 bits per heavy atom. The fourth-order valence-corrected chi connectivity index (χ4v) is 2.48. The topological polar surface area (TPSA) is 92.1 Å². The molecule has 6 nitrogen and oxygen atoms in total. The SMILES string of the molecule is O=[N+]([O-])CCC1(O)CCC(c2ncc[nH]2)CC1. The van der Waals surface area contributed by atoms with Crippen LogP contribution in [0.3, 0.4) is 0 Å². The molecule has 1 heterocycles. The zero-order valence-corrected chi connectivity index (χ0v) is 9.63. The summed E-state index contributed by atoms with van der Waals surface area (Å²) in [6.45, 7) is -0.151. The first kappa shape index (κ1) is 12.0. The van der Waals surface area contributed by atoms with Gasteiger partial charge >= 0.3 is 0 Å². The van der Waals surface area contributed by atoms with Gasteiger partial charge in [0, 0.05) is 29.7 Å². The molecule has 0 saturated heterocycles. The summed E-state index contributed by atoms with van der Waals surface area (Å²) in [5, 5.41) is 20.5. The molecule has 1 aliphatic carbocycles. The predicted molar refractivity (Wildman–Crippen MR) is 61.2 cm³/mol. The zero-order valence-electron chi connectivity index (χ0n) is 9.63. The largest absolute Gasteiger partial charge is 0.390 e. The first-order chi connectivity index (χ1) is 8.09. The molecule has 94 valence electrons. The van der Waals surface area contributed by atoms with E-state index in [0.29, 0.717) is 18.8 Å². The van der Waals surface area contributed by atoms with Crippen molar-refractivity contribution >= 4 is 0 Å². The van der Waals surface area contributed by atoms with Crippen LogP contribution in [0.4, 0.5) is 0 Å². The van der Waals surface area contributed by atoms with Crippen LogP contribution in [0, 0.1) is 10.1 Å². The number of nitro groups is 1. The summed E-state index contributed by atoms with van der Waals surface area (Å²) in [5.41, 5.74) is -0.851. The average Bonchev–Trinajstić information content (AvgIpc) is 2.81. The number of aromatic amines is 1. The van der Waals surface area contributed by atoms with E-state index in [1.165, 1.54) is 0 Å². The number of imidazole rings is 1. The van der Waals surface area contributed by atoms with Crippen LogP contribution in [0.2, 0.25) is 0 Å². The molecular weight excluding hydrogens is 222 g/mol. The van der Waals surface area contributed by atoms with Crippen molar-refractivity contribution in [3.05, 3.63) is 28.3 Å². The number of aromatic nitrogens is 2. The fourth-order valence-electron chi connectivity index (χ4n) is 2.48. The van der Waals surface area contributed by atoms with Crippen molar-refractivity contribution in [1.29, 1.82) is 0 Å². The van der Waals surface area contributed by atoms with E-state index in [4.69, 9.17) is 0 Å². The third kappa shape index (κ3) is 3.03. The van der Waals surface area contributed by atoms with Crippen LogP contribution in [-0.2, 0) is 0 Å². The van der Waals surface area contributed by atoms with Crippen LogP contribution in [0.1, 0.15) is 43.8 Å². The first-order valence-corrected chi connectivity index (χ1v) is 5.92. The molecule has 1 aliphatic rings. The van der Waals surface area contributed by atoms with Crippen molar-refractivity contribution in [2.75, 3.05) is 6.54 Å². The molecule has 0 aliphatic heterocycles. The van der Waals surface area contributed by atoms with E-state index in [1.54, 1.807) is 12.4 Å². The lowest BCUT2D eigenvalue weighted by molar-refractivity contribution is -0.483. The molecule has 1 aromatic heterocycles. The van der Waals surface area contributed by atoms with E-state index in [9.17, 15) is 15.2 Å². The predicted octanol–water partition coefficient (Wildman–Crippen LogP) is 1.47. The second-order valence-corrected chi connectivity index (χ2v) is 4.78. The number of aliphatic hydroxyl groups is 1. The summed E-state index contributed by atoms with van der Waals surface area (Å²) in [4.78, 5) is 17.3. The van der Waals surface area contributed by atoms with Crippen molar-refractivity contribution in [2.45, 2.75) is 43.6 Å². The molecule has 0 unspecified atom stereocenters. The van der Waals surface area contributed by atoms with Gasteiger partial charge in [-0.3, -0.25) is 10.1 Å². The Labute approximate surface area is 99.2 Å². The minimum absolute atomic E-state index is 0.151. The number of hydrogen-bond donors (Lipinski definition) is 2. The summed E-state index contributed by atoms with van der Waals surface area (Å²) in [7, 11) is 0. The van der Waals surface area contributed by atoms with E-state index < -0.39 is 5.60 Å². The van der Waals surface area contributed by atoms with Crippen LogP contribution in [0.5, 0.6) is 0 Å². The van der Waals surface area contributed by atoms with Crippen LogP contribution in [0.25, 0.3) is 0 Å². The summed E-state index contributed by atoms with van der Waals surface area (Å²) >= 11 is 0. The Morgan fingerprint density at radius 1 is 1.59 bits per heavy atom. The van der Waals surface area contributed by atoms with Gasteiger partial charge < -0.3 is 10.1 Å². The second kappa shape index (κ2) is 4.83. The lowest BCUT2D eigenvalue weighted by Gasteiger charge is -2.34. The van der Waals surface area contributed by atoms with Crippen LogP contribution in [0.15, 0.2) is 12.4 Å². The van der Waals surface area contributed by atoms with E-state index in [-0.39, 0.29) is 17.9 Å². The monoisotopic (exact) mass is 239 g/mol. The van der Waals surface area contributed by atoms with E-state index in [2.05, 4.69) is 9.97 Å². The van der Waals surface area contributed by atoms with Gasteiger partial charge in [0.25, 0.3) is 0 Å². The first-order valence-electron chi connectivity index (χ1n) is 5.92. The average molecular weight is 239 g/mol. The smallest absolute Gasteiger partial charge is 0.206 e. The van der Waals surface area contributed by atoms with E-state index in [1.807, 2.05) is 0 Å². The van der Waals surface area contributed by atoms with Crippen LogP contribution >= 0.6 is 0 Å². The maximum atomic E-state index is 10.3. The summed E-state index contributed by atoms with van der Waals surface area (Å²) in [5.74, 6) is 1.31. The molecule has 1 aromatic rings. The van der Waals surface area contributed by atoms with E-state index in [0.717, 1.165) is 18.7 Å². The molecule has 17 heavy (non-hydrogen) atoms. The lowest BCUT2D eigenvalue weighted by atomic mass is 9.77. The van der Waals surface area contributed by atoms with Gasteiger partial charge in [-0.05, 0) is 25.7 Å². The van der Waals surface area contributed by atoms with Gasteiger partial charge in [-0.2, -0.15) is 0 Å². The van der Waals surface area contributed by atoms with Gasteiger partial charge in [0.2, 0.25) is 6.54 Å². The highest BCUT2D eigenvalue weighted by Crippen LogP contribution is 2.38. The molecule has 0 bridgehead atoms.